The van der Waals surface area contributed by atoms with E-state index in [1.807, 2.05) is 31.2 Å². The molecule has 3 nitrogen and oxygen atoms in total. The molecule has 0 aliphatic heterocycles. The van der Waals surface area contributed by atoms with Crippen molar-refractivity contribution in [3.05, 3.63) is 29.8 Å². The highest BCUT2D eigenvalue weighted by molar-refractivity contribution is 8.00. The molecule has 4 heteroatoms. The van der Waals surface area contributed by atoms with Crippen LogP contribution < -0.4 is 5.48 Å². The lowest BCUT2D eigenvalue weighted by Gasteiger charge is -2.00. The first-order chi connectivity index (χ1) is 6.22. The average molecular weight is 197 g/mol. The van der Waals surface area contributed by atoms with Gasteiger partial charge in [-0.1, -0.05) is 17.7 Å². The highest BCUT2D eigenvalue weighted by Gasteiger charge is 1.99. The van der Waals surface area contributed by atoms with Crippen LogP contribution in [0.1, 0.15) is 5.56 Å². The van der Waals surface area contributed by atoms with Crippen LogP contribution >= 0.6 is 11.8 Å². The Morgan fingerprint density at radius 1 is 1.46 bits per heavy atom. The van der Waals surface area contributed by atoms with Crippen molar-refractivity contribution in [1.82, 2.24) is 5.48 Å². The monoisotopic (exact) mass is 197 g/mol. The molecule has 70 valence electrons. The van der Waals surface area contributed by atoms with Gasteiger partial charge in [0.1, 0.15) is 0 Å². The molecule has 1 rings (SSSR count). The van der Waals surface area contributed by atoms with Crippen molar-refractivity contribution in [3.63, 3.8) is 0 Å². The van der Waals surface area contributed by atoms with E-state index in [2.05, 4.69) is 0 Å². The Morgan fingerprint density at radius 2 is 2.08 bits per heavy atom. The summed E-state index contributed by atoms with van der Waals surface area (Å²) >= 11 is 1.39. The Bertz CT molecular complexity index is 284. The number of hydrogen-bond donors (Lipinski definition) is 2. The first-order valence-electron chi connectivity index (χ1n) is 3.85. The van der Waals surface area contributed by atoms with Gasteiger partial charge < -0.3 is 0 Å². The molecular weight excluding hydrogens is 186 g/mol. The molecule has 0 radical (unpaired) electrons. The van der Waals surface area contributed by atoms with Gasteiger partial charge in [0, 0.05) is 4.90 Å². The van der Waals surface area contributed by atoms with E-state index in [0.717, 1.165) is 4.90 Å². The van der Waals surface area contributed by atoms with E-state index in [9.17, 15) is 4.79 Å². The summed E-state index contributed by atoms with van der Waals surface area (Å²) in [6, 6.07) is 7.87. The average Bonchev–Trinajstić information content (AvgIpc) is 2.16. The molecule has 1 amide bonds. The summed E-state index contributed by atoms with van der Waals surface area (Å²) in [7, 11) is 0. The van der Waals surface area contributed by atoms with Crippen LogP contribution in [0.25, 0.3) is 0 Å². The van der Waals surface area contributed by atoms with Crippen LogP contribution in [0, 0.1) is 6.92 Å². The van der Waals surface area contributed by atoms with Gasteiger partial charge in [-0.3, -0.25) is 10.0 Å². The van der Waals surface area contributed by atoms with E-state index in [-0.39, 0.29) is 11.7 Å². The maximum absolute atomic E-state index is 10.7. The molecule has 0 fully saturated rings. The van der Waals surface area contributed by atoms with Crippen LogP contribution in [0.3, 0.4) is 0 Å². The number of amides is 1. The van der Waals surface area contributed by atoms with Gasteiger partial charge in [-0.25, -0.2) is 5.48 Å². The summed E-state index contributed by atoms with van der Waals surface area (Å²) in [5.41, 5.74) is 2.78. The minimum Gasteiger partial charge on any atom is -0.289 e. The minimum absolute atomic E-state index is 0.236. The molecule has 0 saturated heterocycles. The fraction of sp³-hybridized carbons (Fsp3) is 0.222. The van der Waals surface area contributed by atoms with E-state index in [1.165, 1.54) is 17.3 Å². The molecular formula is C9H11NO2S. The standard InChI is InChI=1S/C9H11NO2S/c1-7-2-4-8(5-3-7)13-6-9(11)10-12/h2-5,12H,6H2,1H3,(H,10,11). The van der Waals surface area contributed by atoms with Crippen molar-refractivity contribution >= 4 is 17.7 Å². The summed E-state index contributed by atoms with van der Waals surface area (Å²) in [5.74, 6) is -0.148. The lowest BCUT2D eigenvalue weighted by atomic mass is 10.2. The number of aryl methyl sites for hydroxylation is 1. The van der Waals surface area contributed by atoms with Crippen molar-refractivity contribution in [2.45, 2.75) is 11.8 Å². The fourth-order valence-corrected chi connectivity index (χ4v) is 1.51. The zero-order valence-corrected chi connectivity index (χ0v) is 8.10. The minimum atomic E-state index is -0.384. The van der Waals surface area contributed by atoms with Gasteiger partial charge in [-0.2, -0.15) is 0 Å². The molecule has 0 saturated carbocycles. The van der Waals surface area contributed by atoms with Crippen LogP contribution in [0.15, 0.2) is 29.2 Å². The maximum atomic E-state index is 10.7. The Morgan fingerprint density at radius 3 is 2.62 bits per heavy atom. The smallest absolute Gasteiger partial charge is 0.253 e. The van der Waals surface area contributed by atoms with E-state index >= 15 is 0 Å². The highest BCUT2D eigenvalue weighted by atomic mass is 32.2. The third-order valence-electron chi connectivity index (χ3n) is 1.52. The lowest BCUT2D eigenvalue weighted by Crippen LogP contribution is -2.20. The second kappa shape index (κ2) is 4.89. The van der Waals surface area contributed by atoms with Crippen LogP contribution in [-0.2, 0) is 4.79 Å². The van der Waals surface area contributed by atoms with Crippen molar-refractivity contribution in [2.75, 3.05) is 5.75 Å². The molecule has 0 atom stereocenters. The number of benzene rings is 1. The normalized spacial score (nSPS) is 9.69. The molecule has 0 aliphatic carbocycles. The molecule has 0 spiro atoms. The van der Waals surface area contributed by atoms with Gasteiger partial charge in [0.05, 0.1) is 5.75 Å². The van der Waals surface area contributed by atoms with E-state index < -0.39 is 0 Å². The SMILES string of the molecule is Cc1ccc(SCC(=O)NO)cc1. The predicted molar refractivity (Wildman–Crippen MR) is 51.8 cm³/mol. The molecule has 0 bridgehead atoms. The molecule has 0 aliphatic rings. The molecule has 1 aromatic carbocycles. The molecule has 0 heterocycles. The largest absolute Gasteiger partial charge is 0.289 e. The zero-order chi connectivity index (χ0) is 9.68. The topological polar surface area (TPSA) is 49.3 Å². The second-order valence-electron chi connectivity index (χ2n) is 2.64. The summed E-state index contributed by atoms with van der Waals surface area (Å²) in [6.07, 6.45) is 0. The zero-order valence-electron chi connectivity index (χ0n) is 7.28. The van der Waals surface area contributed by atoms with Crippen molar-refractivity contribution in [2.24, 2.45) is 0 Å². The first-order valence-corrected chi connectivity index (χ1v) is 4.83. The molecule has 1 aromatic rings. The number of hydroxylamine groups is 1. The number of nitrogens with one attached hydrogen (secondary N) is 1. The summed E-state index contributed by atoms with van der Waals surface area (Å²) in [6.45, 7) is 2.01. The number of carbonyl (C=O) groups excluding carboxylic acids is 1. The maximum Gasteiger partial charge on any atom is 0.253 e. The lowest BCUT2D eigenvalue weighted by molar-refractivity contribution is -0.126. The van der Waals surface area contributed by atoms with Crippen LogP contribution in [0.4, 0.5) is 0 Å². The summed E-state index contributed by atoms with van der Waals surface area (Å²) in [5, 5.41) is 8.24. The van der Waals surface area contributed by atoms with Gasteiger partial charge >= 0.3 is 0 Å². The molecule has 13 heavy (non-hydrogen) atoms. The summed E-state index contributed by atoms with van der Waals surface area (Å²) < 4.78 is 0. The molecule has 0 aromatic heterocycles. The molecule has 0 unspecified atom stereocenters. The van der Waals surface area contributed by atoms with Gasteiger partial charge in [0.25, 0.3) is 5.91 Å². The Labute approximate surface area is 81.1 Å². The van der Waals surface area contributed by atoms with E-state index in [1.54, 1.807) is 5.48 Å². The Balaban J connectivity index is 2.46. The van der Waals surface area contributed by atoms with Gasteiger partial charge in [-0.05, 0) is 19.1 Å². The number of hydrogen-bond acceptors (Lipinski definition) is 3. The fourth-order valence-electron chi connectivity index (χ4n) is 0.816. The van der Waals surface area contributed by atoms with Crippen molar-refractivity contribution in [1.29, 1.82) is 0 Å². The van der Waals surface area contributed by atoms with Crippen molar-refractivity contribution < 1.29 is 10.0 Å². The van der Waals surface area contributed by atoms with Gasteiger partial charge in [0.15, 0.2) is 0 Å². The van der Waals surface area contributed by atoms with E-state index in [4.69, 9.17) is 5.21 Å². The third-order valence-corrected chi connectivity index (χ3v) is 2.53. The third kappa shape index (κ3) is 3.48. The Kier molecular flexibility index (Phi) is 3.79. The number of rotatable bonds is 3. The Hall–Kier alpha value is -1.00. The van der Waals surface area contributed by atoms with Crippen LogP contribution in [0.2, 0.25) is 0 Å². The van der Waals surface area contributed by atoms with Gasteiger partial charge in [-0.15, -0.1) is 11.8 Å². The highest BCUT2D eigenvalue weighted by Crippen LogP contribution is 2.17. The second-order valence-corrected chi connectivity index (χ2v) is 3.69. The number of carbonyl (C=O) groups is 1. The summed E-state index contributed by atoms with van der Waals surface area (Å²) in [4.78, 5) is 11.7. The van der Waals surface area contributed by atoms with Crippen LogP contribution in [0.5, 0.6) is 0 Å². The van der Waals surface area contributed by atoms with Gasteiger partial charge in [0.2, 0.25) is 0 Å². The molecule has 2 N–H and O–H groups in total. The number of thioether (sulfide) groups is 1. The van der Waals surface area contributed by atoms with E-state index in [0.29, 0.717) is 0 Å². The van der Waals surface area contributed by atoms with Crippen molar-refractivity contribution in [3.8, 4) is 0 Å². The predicted octanol–water partition coefficient (Wildman–Crippen LogP) is 1.59. The first kappa shape index (κ1) is 10.1. The quantitative estimate of drug-likeness (QED) is 0.439. The van der Waals surface area contributed by atoms with Crippen LogP contribution in [-0.4, -0.2) is 16.9 Å².